The van der Waals surface area contributed by atoms with Gasteiger partial charge in [-0.05, 0) is 14.0 Å². The van der Waals surface area contributed by atoms with Gasteiger partial charge in [0.2, 0.25) is 5.91 Å². The molecule has 0 fully saturated rings. The Labute approximate surface area is 144 Å². The standard InChI is InChI=1S/C6H11N2O.C2H4N.CH4.2Y/c1-3-8-6(9)4-5-7-2;1-3-2;;;/h2H,3-5H2,1H3,(H,8,9);1H,2H3;1H4;;/q2*-1;;;. The summed E-state index contributed by atoms with van der Waals surface area (Å²) in [5.41, 5.74) is 0. The van der Waals surface area contributed by atoms with Crippen LogP contribution >= 0.6 is 0 Å². The Kier molecular flexibility index (Phi) is 58.3. The monoisotopic (exact) mass is 363 g/mol. The largest absolute Gasteiger partial charge is 0.509 e. The van der Waals surface area contributed by atoms with E-state index in [2.05, 4.69) is 22.0 Å². The van der Waals surface area contributed by atoms with Crippen molar-refractivity contribution in [3.8, 4) is 0 Å². The number of hydrogen-bond acceptors (Lipinski definition) is 3. The summed E-state index contributed by atoms with van der Waals surface area (Å²) in [5, 5.41) is 2.63. The van der Waals surface area contributed by atoms with E-state index in [1.54, 1.807) is 0 Å². The van der Waals surface area contributed by atoms with E-state index in [0.29, 0.717) is 19.5 Å². The Hall–Kier alpha value is 1.02. The van der Waals surface area contributed by atoms with Crippen molar-refractivity contribution in [1.82, 2.24) is 5.32 Å². The van der Waals surface area contributed by atoms with E-state index >= 15 is 0 Å². The summed E-state index contributed by atoms with van der Waals surface area (Å²) in [7, 11) is 1.53. The predicted molar refractivity (Wildman–Crippen MR) is 57.8 cm³/mol. The molecule has 4 nitrogen and oxygen atoms in total. The summed E-state index contributed by atoms with van der Waals surface area (Å²) in [5.74, 6) is 0.00620. The van der Waals surface area contributed by atoms with Gasteiger partial charge in [0.15, 0.2) is 0 Å². The number of hydrogen-bond donors (Lipinski definition) is 1. The van der Waals surface area contributed by atoms with Crippen molar-refractivity contribution >= 4 is 19.3 Å². The van der Waals surface area contributed by atoms with Crippen LogP contribution in [0.1, 0.15) is 20.8 Å². The van der Waals surface area contributed by atoms with E-state index < -0.39 is 0 Å². The van der Waals surface area contributed by atoms with E-state index in [1.165, 1.54) is 7.05 Å². The number of aliphatic imine (C=N–C) groups is 2. The quantitative estimate of drug-likeness (QED) is 0.586. The van der Waals surface area contributed by atoms with E-state index in [-0.39, 0.29) is 78.8 Å². The molecule has 0 aliphatic rings. The molecular weight excluding hydrogens is 344 g/mol. The Morgan fingerprint density at radius 3 is 2.00 bits per heavy atom. The molecule has 0 aromatic carbocycles. The van der Waals surface area contributed by atoms with Crippen LogP contribution in [-0.2, 0) is 70.2 Å². The molecule has 0 saturated carbocycles. The van der Waals surface area contributed by atoms with Crippen molar-refractivity contribution in [2.75, 3.05) is 20.1 Å². The average Bonchev–Trinajstić information content (AvgIpc) is 2.03. The van der Waals surface area contributed by atoms with Crippen molar-refractivity contribution in [3.63, 3.8) is 0 Å². The Bertz CT molecular complexity index is 143. The van der Waals surface area contributed by atoms with Gasteiger partial charge in [0, 0.05) is 84.9 Å². The van der Waals surface area contributed by atoms with Crippen LogP contribution in [0.15, 0.2) is 9.98 Å². The fraction of sp³-hybridized carbons (Fsp3) is 0.667. The van der Waals surface area contributed by atoms with Gasteiger partial charge in [-0.3, -0.25) is 4.79 Å². The minimum Gasteiger partial charge on any atom is -0.509 e. The molecule has 0 atom stereocenters. The third kappa shape index (κ3) is 39.6. The van der Waals surface area contributed by atoms with E-state index in [9.17, 15) is 4.79 Å². The van der Waals surface area contributed by atoms with Crippen LogP contribution in [0.25, 0.3) is 0 Å². The molecule has 0 aromatic heterocycles. The van der Waals surface area contributed by atoms with Gasteiger partial charge in [-0.15, -0.1) is 0 Å². The third-order valence-electron chi connectivity index (χ3n) is 0.842. The molecule has 0 aliphatic heterocycles. The number of nitrogens with one attached hydrogen (secondary N) is 1. The molecule has 0 unspecified atom stereocenters. The van der Waals surface area contributed by atoms with E-state index in [0.717, 1.165) is 0 Å². The second-order valence-corrected chi connectivity index (χ2v) is 1.87. The van der Waals surface area contributed by atoms with Crippen molar-refractivity contribution in [2.45, 2.75) is 20.8 Å². The Morgan fingerprint density at radius 1 is 1.33 bits per heavy atom. The zero-order chi connectivity index (χ0) is 9.82. The smallest absolute Gasteiger partial charge is 0.221 e. The zero-order valence-electron chi connectivity index (χ0n) is 8.73. The molecule has 84 valence electrons. The summed E-state index contributed by atoms with van der Waals surface area (Å²) >= 11 is 0. The first-order chi connectivity index (χ1) is 5.72. The van der Waals surface area contributed by atoms with Crippen LogP contribution in [0.2, 0.25) is 0 Å². The van der Waals surface area contributed by atoms with Crippen LogP contribution in [0.4, 0.5) is 0 Å². The fourth-order valence-corrected chi connectivity index (χ4v) is 0.452. The molecule has 1 N–H and O–H groups in total. The molecule has 2 radical (unpaired) electrons. The second kappa shape index (κ2) is 29.4. The Balaban J connectivity index is -0.0000000500. The summed E-state index contributed by atoms with van der Waals surface area (Å²) in [6, 6.07) is 0. The van der Waals surface area contributed by atoms with Gasteiger partial charge >= 0.3 is 0 Å². The molecule has 0 bridgehead atoms. The minimum absolute atomic E-state index is 0. The molecule has 0 rings (SSSR count). The maximum Gasteiger partial charge on any atom is 0.221 e. The second-order valence-electron chi connectivity index (χ2n) is 1.87. The maximum absolute atomic E-state index is 10.6. The van der Waals surface area contributed by atoms with Gasteiger partial charge in [-0.1, -0.05) is 7.43 Å². The van der Waals surface area contributed by atoms with Crippen molar-refractivity contribution in [1.29, 1.82) is 0 Å². The third-order valence-corrected chi connectivity index (χ3v) is 0.842. The van der Waals surface area contributed by atoms with Crippen LogP contribution in [-0.4, -0.2) is 39.5 Å². The maximum atomic E-state index is 10.6. The van der Waals surface area contributed by atoms with Crippen molar-refractivity contribution in [2.24, 2.45) is 9.98 Å². The molecule has 15 heavy (non-hydrogen) atoms. The molecule has 0 saturated heterocycles. The van der Waals surface area contributed by atoms with Gasteiger partial charge in [0.05, 0.1) is 0 Å². The molecule has 0 heterocycles. The van der Waals surface area contributed by atoms with Crippen molar-refractivity contribution < 1.29 is 70.2 Å². The van der Waals surface area contributed by atoms with Gasteiger partial charge in [0.1, 0.15) is 0 Å². The van der Waals surface area contributed by atoms with Gasteiger partial charge in [0.25, 0.3) is 0 Å². The number of rotatable bonds is 4. The predicted octanol–water partition coefficient (Wildman–Crippen LogP) is 0.915. The van der Waals surface area contributed by atoms with Gasteiger partial charge < -0.3 is 28.7 Å². The van der Waals surface area contributed by atoms with Crippen molar-refractivity contribution in [3.05, 3.63) is 0 Å². The van der Waals surface area contributed by atoms with Crippen LogP contribution in [0.5, 0.6) is 0 Å². The molecule has 6 heteroatoms. The first-order valence-electron chi connectivity index (χ1n) is 3.65. The van der Waals surface area contributed by atoms with Gasteiger partial charge in [-0.25, -0.2) is 0 Å². The Morgan fingerprint density at radius 2 is 1.73 bits per heavy atom. The molecule has 0 aliphatic carbocycles. The summed E-state index contributed by atoms with van der Waals surface area (Å²) in [6.45, 7) is 12.2. The van der Waals surface area contributed by atoms with Crippen LogP contribution in [0.3, 0.4) is 0 Å². The van der Waals surface area contributed by atoms with Gasteiger partial charge in [-0.2, -0.15) is 0 Å². The molecule has 0 aromatic rings. The first kappa shape index (κ1) is 29.8. The fourth-order valence-electron chi connectivity index (χ4n) is 0.452. The van der Waals surface area contributed by atoms with Crippen LogP contribution < -0.4 is 5.32 Å². The average molecular weight is 363 g/mol. The number of nitrogens with zero attached hydrogens (tertiary/aromatic N) is 2. The summed E-state index contributed by atoms with van der Waals surface area (Å²) in [4.78, 5) is 16.9. The molecule has 0 spiro atoms. The normalized spacial score (nSPS) is 6.00. The van der Waals surface area contributed by atoms with E-state index in [1.807, 2.05) is 6.92 Å². The molecule has 1 amide bonds. The zero-order valence-corrected chi connectivity index (χ0v) is 14.4. The SMILES string of the molecule is C.[CH-]=NC.[CH-]=NCCC(=O)NCC.[Y].[Y]. The van der Waals surface area contributed by atoms with E-state index in [4.69, 9.17) is 6.72 Å². The number of carbonyl (C=O) groups excluding carboxylic acids is 1. The number of amides is 1. The summed E-state index contributed by atoms with van der Waals surface area (Å²) in [6.07, 6.45) is 0.393. The molecular formula is C9H19N3OY2-2. The van der Waals surface area contributed by atoms with Crippen LogP contribution in [0, 0.1) is 0 Å². The topological polar surface area (TPSA) is 53.8 Å². The first-order valence-corrected chi connectivity index (χ1v) is 3.65. The minimum atomic E-state index is 0. The number of carbonyl (C=O) groups is 1. The summed E-state index contributed by atoms with van der Waals surface area (Å²) < 4.78 is 0.